The average Bonchev–Trinajstić information content (AvgIpc) is 3.76. The van der Waals surface area contributed by atoms with Gasteiger partial charge in [0.2, 0.25) is 5.91 Å². The van der Waals surface area contributed by atoms with Crippen molar-refractivity contribution in [2.45, 2.75) is 50.5 Å². The number of carbonyl (C=O) groups is 2. The molecule has 5 aromatic rings. The number of hydrogen-bond acceptors (Lipinski definition) is 10. The third-order valence-electron chi connectivity index (χ3n) is 9.73. The smallest absolute Gasteiger partial charge is 0.228 e. The first-order valence-corrected chi connectivity index (χ1v) is 17.3. The SMILES string of the molecule is CNC.[B]C([B])(c1cccc(C=O)n1)N1CC(n2ncc3c2C(CC)N(C)c2c(Nc4cc(NC(=O)C5CC5)nc5cc(C)nn45)cccc2-3)C1. The van der Waals surface area contributed by atoms with Crippen LogP contribution in [0, 0.1) is 12.8 Å². The molecule has 1 atom stereocenters. The number of pyridine rings is 1. The molecule has 3 N–H and O–H groups in total. The molecule has 0 spiro atoms. The standard InChI is InChI=1S/C34H34B2N10O2.C2H7N/c1-4-26-32-24(15-37-45(32)22-16-44(17-22)34(35,36)27-10-5-7-21(18-47)38-27)23-8-6-9-25(31(23)43(26)3)39-30-14-28(41-33(48)20-11-12-20)40-29-13-19(2)42-46(29)30;1-3-2/h5-10,13-15,18,20,22,26,39H,4,11-12,16-17H2,1-3H3,(H,40,41,48);3H,1-2H3. The lowest BCUT2D eigenvalue weighted by Crippen LogP contribution is -2.60. The van der Waals surface area contributed by atoms with E-state index in [0.717, 1.165) is 53.2 Å². The lowest BCUT2D eigenvalue weighted by Gasteiger charge is -2.50. The molecule has 258 valence electrons. The molecule has 51 heavy (non-hydrogen) atoms. The normalized spacial score (nSPS) is 17.2. The number of carbonyl (C=O) groups excluding carboxylic acids is 2. The zero-order valence-corrected chi connectivity index (χ0v) is 29.6. The van der Waals surface area contributed by atoms with Crippen molar-refractivity contribution in [2.75, 3.05) is 49.8 Å². The maximum Gasteiger partial charge on any atom is 0.228 e. The predicted octanol–water partition coefficient (Wildman–Crippen LogP) is 3.94. The minimum Gasteiger partial charge on any atom is -0.364 e. The summed E-state index contributed by atoms with van der Waals surface area (Å²) >= 11 is 0. The number of hydrogen-bond donors (Lipinski definition) is 3. The topological polar surface area (TPSA) is 138 Å². The molecule has 15 heteroatoms. The summed E-state index contributed by atoms with van der Waals surface area (Å²) in [6.07, 6.45) is 5.33. The van der Waals surface area contributed by atoms with E-state index in [9.17, 15) is 9.59 Å². The van der Waals surface area contributed by atoms with Crippen LogP contribution in [0.5, 0.6) is 0 Å². The molecule has 6 heterocycles. The molecule has 4 aromatic heterocycles. The van der Waals surface area contributed by atoms with Gasteiger partial charge in [-0.15, -0.1) is 0 Å². The number of aldehydes is 1. The van der Waals surface area contributed by atoms with Crippen LogP contribution in [0.4, 0.5) is 23.0 Å². The van der Waals surface area contributed by atoms with Crippen molar-refractivity contribution in [3.63, 3.8) is 0 Å². The van der Waals surface area contributed by atoms with Crippen LogP contribution in [-0.4, -0.2) is 96.4 Å². The number of likely N-dealkylation sites (tertiary alicyclic amines) is 1. The maximum atomic E-state index is 12.6. The number of aryl methyl sites for hydroxylation is 1. The van der Waals surface area contributed by atoms with Crippen molar-refractivity contribution in [1.29, 1.82) is 0 Å². The summed E-state index contributed by atoms with van der Waals surface area (Å²) in [5.41, 5.74) is 7.46. The quantitative estimate of drug-likeness (QED) is 0.155. The van der Waals surface area contributed by atoms with Gasteiger partial charge in [0.25, 0.3) is 0 Å². The Kier molecular flexibility index (Phi) is 9.19. The second-order valence-electron chi connectivity index (χ2n) is 13.5. The number of nitrogens with one attached hydrogen (secondary N) is 3. The first kappa shape index (κ1) is 34.4. The zero-order chi connectivity index (χ0) is 36.0. The van der Waals surface area contributed by atoms with Gasteiger partial charge in [-0.1, -0.05) is 25.1 Å². The molecule has 3 aliphatic rings. The lowest BCUT2D eigenvalue weighted by atomic mass is 9.57. The highest BCUT2D eigenvalue weighted by molar-refractivity contribution is 6.39. The summed E-state index contributed by atoms with van der Waals surface area (Å²) in [6, 6.07) is 15.2. The van der Waals surface area contributed by atoms with Crippen LogP contribution in [0.3, 0.4) is 0 Å². The van der Waals surface area contributed by atoms with Gasteiger partial charge >= 0.3 is 0 Å². The van der Waals surface area contributed by atoms with E-state index < -0.39 is 5.34 Å². The van der Waals surface area contributed by atoms with E-state index in [1.54, 1.807) is 22.7 Å². The lowest BCUT2D eigenvalue weighted by molar-refractivity contribution is -0.117. The zero-order valence-electron chi connectivity index (χ0n) is 29.6. The summed E-state index contributed by atoms with van der Waals surface area (Å²) in [5, 5.41) is 17.7. The minimum atomic E-state index is -1.32. The molecule has 1 aliphatic carbocycles. The average molecular weight is 681 g/mol. The molecular weight excluding hydrogens is 640 g/mol. The fourth-order valence-electron chi connectivity index (χ4n) is 7.02. The van der Waals surface area contributed by atoms with Crippen molar-refractivity contribution in [3.05, 3.63) is 77.5 Å². The van der Waals surface area contributed by atoms with Crippen molar-refractivity contribution in [3.8, 4) is 11.1 Å². The first-order chi connectivity index (χ1) is 24.6. The minimum absolute atomic E-state index is 0.00292. The largest absolute Gasteiger partial charge is 0.364 e. The van der Waals surface area contributed by atoms with Gasteiger partial charge in [0.1, 0.15) is 17.3 Å². The number of aromatic nitrogens is 6. The molecule has 1 saturated carbocycles. The predicted molar refractivity (Wildman–Crippen MR) is 200 cm³/mol. The Balaban J connectivity index is 0.00000131. The Morgan fingerprint density at radius 2 is 1.80 bits per heavy atom. The van der Waals surface area contributed by atoms with Gasteiger partial charge in [0.05, 0.1) is 56.7 Å². The Morgan fingerprint density at radius 1 is 1.06 bits per heavy atom. The number of benzene rings is 1. The van der Waals surface area contributed by atoms with Gasteiger partial charge in [-0.2, -0.15) is 14.7 Å². The van der Waals surface area contributed by atoms with Crippen molar-refractivity contribution in [1.82, 2.24) is 39.6 Å². The highest BCUT2D eigenvalue weighted by Gasteiger charge is 2.42. The van der Waals surface area contributed by atoms with Gasteiger partial charge < -0.3 is 25.8 Å². The van der Waals surface area contributed by atoms with Gasteiger partial charge in [0.15, 0.2) is 11.9 Å². The molecular formula is C36H41B2N11O2. The Morgan fingerprint density at radius 3 is 2.51 bits per heavy atom. The van der Waals surface area contributed by atoms with Gasteiger partial charge in [-0.25, -0.2) is 9.97 Å². The van der Waals surface area contributed by atoms with E-state index in [1.807, 2.05) is 50.3 Å². The van der Waals surface area contributed by atoms with E-state index in [-0.39, 0.29) is 23.9 Å². The first-order valence-electron chi connectivity index (χ1n) is 17.3. The fraction of sp³-hybridized carbons (Fsp3) is 0.389. The van der Waals surface area contributed by atoms with Crippen LogP contribution in [0.25, 0.3) is 16.8 Å². The summed E-state index contributed by atoms with van der Waals surface area (Å²) in [5.74, 6) is 1.26. The summed E-state index contributed by atoms with van der Waals surface area (Å²) in [7, 11) is 19.0. The third kappa shape index (κ3) is 6.29. The van der Waals surface area contributed by atoms with Gasteiger partial charge in [0, 0.05) is 55.0 Å². The van der Waals surface area contributed by atoms with Crippen LogP contribution >= 0.6 is 0 Å². The van der Waals surface area contributed by atoms with E-state index >= 15 is 0 Å². The Labute approximate surface area is 300 Å². The number of rotatable bonds is 9. The van der Waals surface area contributed by atoms with Crippen LogP contribution in [0.15, 0.2) is 54.7 Å². The highest BCUT2D eigenvalue weighted by Crippen LogP contribution is 2.50. The third-order valence-corrected chi connectivity index (χ3v) is 9.73. The molecule has 1 unspecified atom stereocenters. The molecule has 8 rings (SSSR count). The van der Waals surface area contributed by atoms with E-state index in [0.29, 0.717) is 48.0 Å². The maximum absolute atomic E-state index is 12.6. The second kappa shape index (κ2) is 13.6. The number of fused-ring (bicyclic) bond motifs is 4. The summed E-state index contributed by atoms with van der Waals surface area (Å²) in [6.45, 7) is 5.28. The summed E-state index contributed by atoms with van der Waals surface area (Å²) in [4.78, 5) is 37.2. The van der Waals surface area contributed by atoms with Crippen LogP contribution < -0.4 is 20.9 Å². The monoisotopic (exact) mass is 681 g/mol. The molecule has 4 radical (unpaired) electrons. The number of anilines is 4. The molecule has 0 bridgehead atoms. The highest BCUT2D eigenvalue weighted by atomic mass is 16.2. The number of nitrogens with zero attached hydrogens (tertiary/aromatic N) is 8. The summed E-state index contributed by atoms with van der Waals surface area (Å²) < 4.78 is 3.89. The molecule has 13 nitrogen and oxygen atoms in total. The number of para-hydroxylation sites is 1. The van der Waals surface area contributed by atoms with E-state index in [2.05, 4.69) is 66.7 Å². The molecule has 1 amide bonds. The van der Waals surface area contributed by atoms with Gasteiger partial charge in [-0.05, 0) is 63.8 Å². The fourth-order valence-corrected chi connectivity index (χ4v) is 7.02. The van der Waals surface area contributed by atoms with Crippen LogP contribution in [-0.2, 0) is 10.1 Å². The Bertz CT molecular complexity index is 2100. The van der Waals surface area contributed by atoms with Crippen LogP contribution in [0.1, 0.15) is 65.8 Å². The molecule has 2 fully saturated rings. The van der Waals surface area contributed by atoms with Gasteiger partial charge in [-0.3, -0.25) is 14.3 Å². The molecule has 1 aromatic carbocycles. The molecule has 1 saturated heterocycles. The van der Waals surface area contributed by atoms with Crippen molar-refractivity contribution < 1.29 is 9.59 Å². The second-order valence-corrected chi connectivity index (χ2v) is 13.5. The van der Waals surface area contributed by atoms with E-state index in [4.69, 9.17) is 20.8 Å². The van der Waals surface area contributed by atoms with E-state index in [1.165, 1.54) is 0 Å². The van der Waals surface area contributed by atoms with Crippen molar-refractivity contribution in [2.24, 2.45) is 5.92 Å². The van der Waals surface area contributed by atoms with Crippen LogP contribution in [0.2, 0.25) is 0 Å². The molecule has 2 aliphatic heterocycles. The number of amides is 1. The Hall–Kier alpha value is -5.01. The van der Waals surface area contributed by atoms with Crippen molar-refractivity contribution >= 4 is 56.5 Å².